The van der Waals surface area contributed by atoms with Crippen molar-refractivity contribution in [1.82, 2.24) is 5.32 Å². The Kier molecular flexibility index (Phi) is 5.11. The summed E-state index contributed by atoms with van der Waals surface area (Å²) < 4.78 is 5.48. The number of benzene rings is 3. The molecule has 2 atom stereocenters. The van der Waals surface area contributed by atoms with Crippen LogP contribution in [0.25, 0.3) is 10.8 Å². The number of hydrogen-bond donors (Lipinski definition) is 1. The third-order valence-corrected chi connectivity index (χ3v) is 5.35. The molecule has 0 aromatic heterocycles. The molecule has 0 fully saturated rings. The zero-order valence-corrected chi connectivity index (χ0v) is 15.9. The number of aryl methyl sites for hydroxylation is 1. The van der Waals surface area contributed by atoms with Crippen molar-refractivity contribution in [2.75, 3.05) is 0 Å². The lowest BCUT2D eigenvalue weighted by molar-refractivity contribution is -0.130. The summed E-state index contributed by atoms with van der Waals surface area (Å²) >= 11 is 0. The summed E-state index contributed by atoms with van der Waals surface area (Å²) in [4.78, 5) is 25.3. The topological polar surface area (TPSA) is 55.4 Å². The van der Waals surface area contributed by atoms with Gasteiger partial charge in [0, 0.05) is 0 Å². The molecule has 1 aliphatic rings. The Hall–Kier alpha value is -3.14. The average molecular weight is 373 g/mol. The van der Waals surface area contributed by atoms with Crippen LogP contribution in [0.2, 0.25) is 0 Å². The summed E-state index contributed by atoms with van der Waals surface area (Å²) in [6.45, 7) is 1.62. The molecule has 3 aromatic rings. The van der Waals surface area contributed by atoms with Gasteiger partial charge in [0.25, 0.3) is 5.91 Å². The molecule has 0 saturated carbocycles. The maximum Gasteiger partial charge on any atom is 0.339 e. The second-order valence-corrected chi connectivity index (χ2v) is 7.23. The molecule has 0 aliphatic heterocycles. The highest BCUT2D eigenvalue weighted by Crippen LogP contribution is 2.29. The molecule has 28 heavy (non-hydrogen) atoms. The second-order valence-electron chi connectivity index (χ2n) is 7.23. The van der Waals surface area contributed by atoms with Gasteiger partial charge in [-0.1, -0.05) is 60.7 Å². The van der Waals surface area contributed by atoms with E-state index in [0.29, 0.717) is 5.56 Å². The quantitative estimate of drug-likeness (QED) is 0.681. The molecule has 0 radical (unpaired) electrons. The molecule has 1 N–H and O–H groups in total. The van der Waals surface area contributed by atoms with E-state index >= 15 is 0 Å². The summed E-state index contributed by atoms with van der Waals surface area (Å²) in [6, 6.07) is 21.3. The molecule has 3 aromatic carbocycles. The van der Waals surface area contributed by atoms with Gasteiger partial charge >= 0.3 is 5.97 Å². The number of carbonyl (C=O) groups excluding carboxylic acids is 2. The van der Waals surface area contributed by atoms with E-state index in [0.717, 1.165) is 35.6 Å². The first kappa shape index (κ1) is 18.2. The SMILES string of the molecule is C[C@H](OC(=O)c1cccc2ccccc12)C(=O)N[C@@H]1CCCc2ccccc21. The Morgan fingerprint density at radius 2 is 1.75 bits per heavy atom. The number of amides is 1. The van der Waals surface area contributed by atoms with Gasteiger partial charge in [0.2, 0.25) is 0 Å². The van der Waals surface area contributed by atoms with Crippen molar-refractivity contribution in [3.63, 3.8) is 0 Å². The predicted molar refractivity (Wildman–Crippen MR) is 109 cm³/mol. The van der Waals surface area contributed by atoms with Crippen molar-refractivity contribution < 1.29 is 14.3 Å². The van der Waals surface area contributed by atoms with E-state index < -0.39 is 12.1 Å². The van der Waals surface area contributed by atoms with Gasteiger partial charge in [0.1, 0.15) is 0 Å². The Labute approximate surface area is 164 Å². The van der Waals surface area contributed by atoms with Gasteiger partial charge in [-0.05, 0) is 54.2 Å². The first-order valence-electron chi connectivity index (χ1n) is 9.70. The van der Waals surface area contributed by atoms with Crippen LogP contribution in [-0.4, -0.2) is 18.0 Å². The zero-order valence-electron chi connectivity index (χ0n) is 15.9. The Morgan fingerprint density at radius 3 is 2.64 bits per heavy atom. The summed E-state index contributed by atoms with van der Waals surface area (Å²) in [5.74, 6) is -0.751. The maximum atomic E-state index is 12.7. The summed E-state index contributed by atoms with van der Waals surface area (Å²) in [5.41, 5.74) is 2.91. The first-order valence-corrected chi connectivity index (χ1v) is 9.70. The number of nitrogens with one attached hydrogen (secondary N) is 1. The Bertz CT molecular complexity index is 1020. The number of hydrogen-bond acceptors (Lipinski definition) is 3. The fourth-order valence-corrected chi connectivity index (χ4v) is 3.87. The molecule has 142 valence electrons. The molecule has 4 rings (SSSR count). The van der Waals surface area contributed by atoms with Crippen LogP contribution in [0.4, 0.5) is 0 Å². The molecule has 0 heterocycles. The van der Waals surface area contributed by atoms with E-state index in [4.69, 9.17) is 4.74 Å². The van der Waals surface area contributed by atoms with Crippen LogP contribution in [0.1, 0.15) is 47.3 Å². The van der Waals surface area contributed by atoms with Gasteiger partial charge in [-0.15, -0.1) is 0 Å². The number of rotatable bonds is 4. The Morgan fingerprint density at radius 1 is 1.00 bits per heavy atom. The minimum atomic E-state index is -0.861. The van der Waals surface area contributed by atoms with E-state index in [2.05, 4.69) is 17.4 Å². The van der Waals surface area contributed by atoms with E-state index in [-0.39, 0.29) is 11.9 Å². The van der Waals surface area contributed by atoms with Crippen molar-refractivity contribution in [3.05, 3.63) is 83.4 Å². The minimum absolute atomic E-state index is 0.0313. The molecule has 0 bridgehead atoms. The standard InChI is InChI=1S/C24H23NO3/c1-16(23(26)25-22-15-7-11-18-9-3-5-13-20(18)22)28-24(27)21-14-6-10-17-8-2-4-12-19(17)21/h2-6,8-10,12-14,16,22H,7,11,15H2,1H3,(H,25,26)/t16-,22+/m0/s1. The van der Waals surface area contributed by atoms with Crippen LogP contribution < -0.4 is 5.32 Å². The average Bonchev–Trinajstić information content (AvgIpc) is 2.73. The van der Waals surface area contributed by atoms with Gasteiger partial charge in [-0.3, -0.25) is 4.79 Å². The van der Waals surface area contributed by atoms with Gasteiger partial charge < -0.3 is 10.1 Å². The predicted octanol–water partition coefficient (Wildman–Crippen LogP) is 4.58. The zero-order chi connectivity index (χ0) is 19.5. The van der Waals surface area contributed by atoms with Crippen molar-refractivity contribution in [2.45, 2.75) is 38.3 Å². The highest BCUT2D eigenvalue weighted by Gasteiger charge is 2.26. The van der Waals surface area contributed by atoms with Gasteiger partial charge in [0.15, 0.2) is 6.10 Å². The number of esters is 1. The van der Waals surface area contributed by atoms with E-state index in [1.807, 2.05) is 48.5 Å². The van der Waals surface area contributed by atoms with Crippen LogP contribution in [0.5, 0.6) is 0 Å². The van der Waals surface area contributed by atoms with Gasteiger partial charge in [-0.2, -0.15) is 0 Å². The summed E-state index contributed by atoms with van der Waals surface area (Å²) in [5, 5.41) is 4.84. The second kappa shape index (κ2) is 7.85. The normalized spacial score (nSPS) is 16.8. The largest absolute Gasteiger partial charge is 0.449 e. The lowest BCUT2D eigenvalue weighted by Gasteiger charge is -2.27. The molecule has 0 saturated heterocycles. The fraction of sp³-hybridized carbons (Fsp3) is 0.250. The molecule has 1 aliphatic carbocycles. The molecular weight excluding hydrogens is 350 g/mol. The highest BCUT2D eigenvalue weighted by atomic mass is 16.5. The summed E-state index contributed by atoms with van der Waals surface area (Å²) in [6.07, 6.45) is 2.10. The molecule has 1 amide bonds. The van der Waals surface area contributed by atoms with Crippen LogP contribution in [0.15, 0.2) is 66.7 Å². The lowest BCUT2D eigenvalue weighted by atomic mass is 9.87. The maximum absolute atomic E-state index is 12.7. The number of ether oxygens (including phenoxy) is 1. The third-order valence-electron chi connectivity index (χ3n) is 5.35. The van der Waals surface area contributed by atoms with Crippen LogP contribution in [-0.2, 0) is 16.0 Å². The van der Waals surface area contributed by atoms with Crippen molar-refractivity contribution in [3.8, 4) is 0 Å². The van der Waals surface area contributed by atoms with Crippen molar-refractivity contribution >= 4 is 22.6 Å². The van der Waals surface area contributed by atoms with Gasteiger partial charge in [-0.25, -0.2) is 4.79 Å². The van der Waals surface area contributed by atoms with Crippen LogP contribution in [0, 0.1) is 0 Å². The lowest BCUT2D eigenvalue weighted by Crippen LogP contribution is -2.39. The van der Waals surface area contributed by atoms with Crippen LogP contribution in [0.3, 0.4) is 0 Å². The number of fused-ring (bicyclic) bond motifs is 2. The van der Waals surface area contributed by atoms with Crippen molar-refractivity contribution in [2.24, 2.45) is 0 Å². The Balaban J connectivity index is 1.46. The number of carbonyl (C=O) groups is 2. The molecule has 0 spiro atoms. The molecule has 4 nitrogen and oxygen atoms in total. The smallest absolute Gasteiger partial charge is 0.339 e. The molecular formula is C24H23NO3. The van der Waals surface area contributed by atoms with E-state index in [1.165, 1.54) is 5.56 Å². The van der Waals surface area contributed by atoms with E-state index in [1.54, 1.807) is 13.0 Å². The minimum Gasteiger partial charge on any atom is -0.449 e. The first-order chi connectivity index (χ1) is 13.6. The van der Waals surface area contributed by atoms with E-state index in [9.17, 15) is 9.59 Å². The molecule has 4 heteroatoms. The highest BCUT2D eigenvalue weighted by molar-refractivity contribution is 6.05. The third kappa shape index (κ3) is 3.63. The summed E-state index contributed by atoms with van der Waals surface area (Å²) in [7, 11) is 0. The fourth-order valence-electron chi connectivity index (χ4n) is 3.87. The monoisotopic (exact) mass is 373 g/mol. The van der Waals surface area contributed by atoms with Crippen molar-refractivity contribution in [1.29, 1.82) is 0 Å². The van der Waals surface area contributed by atoms with Gasteiger partial charge in [0.05, 0.1) is 11.6 Å². The molecule has 0 unspecified atom stereocenters. The van der Waals surface area contributed by atoms with Crippen LogP contribution >= 0.6 is 0 Å².